The van der Waals surface area contributed by atoms with E-state index in [9.17, 15) is 13.2 Å². The van der Waals surface area contributed by atoms with Gasteiger partial charge in [0.1, 0.15) is 0 Å². The van der Waals surface area contributed by atoms with Crippen molar-refractivity contribution in [2.45, 2.75) is 19.3 Å². The molecule has 0 aromatic carbocycles. The lowest BCUT2D eigenvalue weighted by Crippen LogP contribution is -2.37. The Hall–Kier alpha value is -1.03. The molecular weight excluding hydrogens is 314 g/mol. The minimum atomic E-state index is -3.39. The van der Waals surface area contributed by atoms with Crippen molar-refractivity contribution in [2.75, 3.05) is 0 Å². The first kappa shape index (κ1) is 11.1. The maximum atomic E-state index is 11.7. The van der Waals surface area contributed by atoms with Crippen LogP contribution in [-0.2, 0) is 6.42 Å². The van der Waals surface area contributed by atoms with Gasteiger partial charge in [0.05, 0.1) is 10.6 Å². The third-order valence-electron chi connectivity index (χ3n) is 2.53. The van der Waals surface area contributed by atoms with Gasteiger partial charge in [-0.05, 0) is 12.8 Å². The molecule has 0 N–H and O–H groups in total. The molecule has 2 heterocycles. The van der Waals surface area contributed by atoms with Crippen LogP contribution in [0, 0.1) is 14.8 Å². The second-order valence-electron chi connectivity index (χ2n) is 3.52. The molecule has 0 radical (unpaired) electrons. The number of nitrogens with zero attached hydrogens (tertiary/aromatic N) is 3. The van der Waals surface area contributed by atoms with E-state index < -0.39 is 14.8 Å². The van der Waals surface area contributed by atoms with E-state index in [0.717, 1.165) is 12.1 Å². The van der Waals surface area contributed by atoms with Crippen molar-refractivity contribution in [1.82, 2.24) is 14.6 Å². The van der Waals surface area contributed by atoms with Crippen molar-refractivity contribution in [3.8, 4) is 6.01 Å². The number of fused-ring (bicyclic) bond motifs is 3. The summed E-state index contributed by atoms with van der Waals surface area (Å²) in [6.07, 6.45) is 1.98. The normalized spacial score (nSPS) is 15.6. The van der Waals surface area contributed by atoms with Crippen molar-refractivity contribution in [3.63, 3.8) is 0 Å². The summed E-state index contributed by atoms with van der Waals surface area (Å²) < 4.78 is 27.3. The third-order valence-corrected chi connectivity index (χ3v) is 4.20. The summed E-state index contributed by atoms with van der Waals surface area (Å²) in [4.78, 5) is 12.8. The molecule has 1 aliphatic carbocycles. The van der Waals surface area contributed by atoms with Gasteiger partial charge in [-0.25, -0.2) is 4.40 Å². The maximum Gasteiger partial charge on any atom is 0.506 e. The zero-order valence-electron chi connectivity index (χ0n) is 8.38. The molecule has 0 saturated heterocycles. The number of halogens is 1. The van der Waals surface area contributed by atoms with Crippen LogP contribution < -0.4 is 12.2 Å². The minimum absolute atomic E-state index is 0.0719. The first-order chi connectivity index (χ1) is 8.16. The largest absolute Gasteiger partial charge is 0.506 e. The molecule has 0 fully saturated rings. The molecule has 0 amide bonds. The van der Waals surface area contributed by atoms with E-state index in [1.807, 2.05) is 0 Å². The summed E-state index contributed by atoms with van der Waals surface area (Å²) in [6, 6.07) is -0.0767. The van der Waals surface area contributed by atoms with Gasteiger partial charge in [0.15, 0.2) is 5.78 Å². The van der Waals surface area contributed by atoms with Gasteiger partial charge >= 0.3 is 20.8 Å². The van der Waals surface area contributed by atoms with Crippen molar-refractivity contribution in [2.24, 2.45) is 0 Å². The van der Waals surface area contributed by atoms with Gasteiger partial charge < -0.3 is 8.40 Å². The summed E-state index contributed by atoms with van der Waals surface area (Å²) in [5, 5.41) is 7.45. The minimum Gasteiger partial charge on any atom is -0.361 e. The number of carbonyl (C=O) groups is 1. The average molecular weight is 320 g/mol. The molecule has 3 rings (SSSR count). The second-order valence-corrected chi connectivity index (χ2v) is 5.62. The molecule has 0 atom stereocenters. The number of Topliss-reactive ketones (excluding diaryl/α,β-unsaturated/α-hetero) is 1. The fourth-order valence-electron chi connectivity index (χ4n) is 1.88. The Morgan fingerprint density at radius 2 is 2.18 bits per heavy atom. The predicted molar refractivity (Wildman–Crippen MR) is 48.8 cm³/mol. The maximum absolute atomic E-state index is 11.7. The zero-order chi connectivity index (χ0) is 12.0. The molecule has 0 unspecified atom stereocenters. The quantitative estimate of drug-likeness (QED) is 0.687. The lowest BCUT2D eigenvalue weighted by Gasteiger charge is -2.08. The second kappa shape index (κ2) is 4.02. The van der Waals surface area contributed by atoms with Gasteiger partial charge in [0.25, 0.3) is 0 Å². The van der Waals surface area contributed by atoms with Crippen LogP contribution in [0.15, 0.2) is 0 Å². The fourth-order valence-corrected chi connectivity index (χ4v) is 3.40. The summed E-state index contributed by atoms with van der Waals surface area (Å²) in [5.41, 5.74) is 0.755. The lowest BCUT2D eigenvalue weighted by atomic mass is 10.0. The monoisotopic (exact) mass is 319 g/mol. The number of thiazole rings is 1. The van der Waals surface area contributed by atoms with Crippen LogP contribution in [0.2, 0.25) is 0 Å². The molecule has 7 nitrogen and oxygen atoms in total. The number of rotatable bonds is 2. The number of aryl methyl sites for hydroxylation is 1. The first-order valence-corrected chi connectivity index (χ1v) is 7.56. The number of hydrogen-bond acceptors (Lipinski definition) is 7. The third kappa shape index (κ3) is 1.75. The Morgan fingerprint density at radius 3 is 2.94 bits per heavy atom. The SMILES string of the molecule is O=C1CCCc2c1sc1nnc(O[Br+2]([O-])[O-])n21. The molecule has 9 heteroatoms. The topological polar surface area (TPSA) is 103 Å². The smallest absolute Gasteiger partial charge is 0.361 e. The van der Waals surface area contributed by atoms with Crippen LogP contribution in [0.1, 0.15) is 28.2 Å². The average Bonchev–Trinajstić information content (AvgIpc) is 2.79. The number of ketones is 1. The molecule has 17 heavy (non-hydrogen) atoms. The summed E-state index contributed by atoms with van der Waals surface area (Å²) in [6.45, 7) is 0. The molecule has 90 valence electrons. The molecule has 0 saturated carbocycles. The summed E-state index contributed by atoms with van der Waals surface area (Å²) in [5.74, 6) is 0.0719. The Labute approximate surface area is 104 Å². The molecule has 2 aromatic rings. The van der Waals surface area contributed by atoms with Crippen molar-refractivity contribution in [3.05, 3.63) is 10.6 Å². The van der Waals surface area contributed by atoms with Gasteiger partial charge in [0.2, 0.25) is 4.96 Å². The van der Waals surface area contributed by atoms with Crippen LogP contribution >= 0.6 is 11.3 Å². The summed E-state index contributed by atoms with van der Waals surface area (Å²) in [7, 11) is 0. The van der Waals surface area contributed by atoms with Gasteiger partial charge in [-0.1, -0.05) is 20.3 Å². The van der Waals surface area contributed by atoms with Crippen LogP contribution in [0.5, 0.6) is 6.01 Å². The molecule has 1 aliphatic rings. The van der Waals surface area contributed by atoms with Crippen LogP contribution in [0.3, 0.4) is 0 Å². The molecular formula is C8H6BrN3O4S. The highest BCUT2D eigenvalue weighted by Gasteiger charge is 2.29. The van der Waals surface area contributed by atoms with E-state index in [1.165, 1.54) is 15.7 Å². The Kier molecular flexibility index (Phi) is 2.62. The van der Waals surface area contributed by atoms with E-state index in [2.05, 4.69) is 14.0 Å². The van der Waals surface area contributed by atoms with E-state index in [4.69, 9.17) is 0 Å². The molecule has 0 bridgehead atoms. The summed E-state index contributed by atoms with van der Waals surface area (Å²) >= 11 is -2.17. The number of aromatic nitrogens is 3. The van der Waals surface area contributed by atoms with Crippen molar-refractivity contribution in [1.29, 1.82) is 0 Å². The highest BCUT2D eigenvalue weighted by atomic mass is 80.0. The molecule has 2 aromatic heterocycles. The highest BCUT2D eigenvalue weighted by molar-refractivity contribution is 7.19. The Balaban J connectivity index is 2.17. The van der Waals surface area contributed by atoms with E-state index in [0.29, 0.717) is 22.7 Å². The first-order valence-electron chi connectivity index (χ1n) is 4.80. The molecule has 0 spiro atoms. The number of carbonyl (C=O) groups excluding carboxylic acids is 1. The zero-order valence-corrected chi connectivity index (χ0v) is 10.8. The van der Waals surface area contributed by atoms with E-state index in [-0.39, 0.29) is 11.8 Å². The fraction of sp³-hybridized carbons (Fsp3) is 0.375. The van der Waals surface area contributed by atoms with Crippen molar-refractivity contribution < 1.29 is 31.8 Å². The molecule has 0 aliphatic heterocycles. The van der Waals surface area contributed by atoms with Crippen molar-refractivity contribution >= 4 is 22.1 Å². The Morgan fingerprint density at radius 1 is 1.35 bits per heavy atom. The van der Waals surface area contributed by atoms with Gasteiger partial charge in [-0.2, -0.15) is 0 Å². The van der Waals surface area contributed by atoms with Gasteiger partial charge in [-0.15, -0.1) is 5.10 Å². The lowest BCUT2D eigenvalue weighted by molar-refractivity contribution is -1.62. The van der Waals surface area contributed by atoms with E-state index in [1.54, 1.807) is 0 Å². The van der Waals surface area contributed by atoms with E-state index >= 15 is 0 Å². The highest BCUT2D eigenvalue weighted by Crippen LogP contribution is 2.31. The predicted octanol–water partition coefficient (Wildman–Crippen LogP) is -1.23. The van der Waals surface area contributed by atoms with Gasteiger partial charge in [-0.3, -0.25) is 4.79 Å². The standard InChI is InChI=1S/C8H6BrN3O4S/c13-5-3-1-2-4-6(5)17-8-11-10-7(12(4)8)16-9(14)15/h1-3H2. The Bertz CT molecular complexity index is 593. The van der Waals surface area contributed by atoms with Gasteiger partial charge in [0, 0.05) is 6.42 Å². The van der Waals surface area contributed by atoms with Crippen LogP contribution in [0.25, 0.3) is 4.96 Å². The van der Waals surface area contributed by atoms with Crippen LogP contribution in [0.4, 0.5) is 0 Å². The number of hydrogen-bond donors (Lipinski definition) is 0. The van der Waals surface area contributed by atoms with Crippen LogP contribution in [-0.4, -0.2) is 20.4 Å².